The molecule has 0 bridgehead atoms. The third-order valence-corrected chi connectivity index (χ3v) is 8.59. The van der Waals surface area contributed by atoms with E-state index in [2.05, 4.69) is 104 Å². The van der Waals surface area contributed by atoms with Gasteiger partial charge in [0.1, 0.15) is 0 Å². The summed E-state index contributed by atoms with van der Waals surface area (Å²) in [6.07, 6.45) is 0. The SMILES string of the molecule is C.C.Ic1ccc(-c2ccc(I)s2)s1.c1csc(-c2cccs2)c1. The fourth-order valence-corrected chi connectivity index (χ4v) is 6.64. The fourth-order valence-electron chi connectivity index (χ4n) is 1.73. The lowest BCUT2D eigenvalue weighted by molar-refractivity contribution is 1.90. The van der Waals surface area contributed by atoms with Gasteiger partial charge in [-0.25, -0.2) is 0 Å². The van der Waals surface area contributed by atoms with Crippen LogP contribution in [0.5, 0.6) is 0 Å². The molecule has 0 saturated heterocycles. The molecule has 24 heavy (non-hydrogen) atoms. The van der Waals surface area contributed by atoms with Gasteiger partial charge in [-0.1, -0.05) is 27.0 Å². The van der Waals surface area contributed by atoms with Gasteiger partial charge >= 0.3 is 0 Å². The molecule has 4 rings (SSSR count). The average Bonchev–Trinajstić information content (AvgIpc) is 3.28. The van der Waals surface area contributed by atoms with E-state index in [1.54, 1.807) is 22.7 Å². The van der Waals surface area contributed by atoms with E-state index in [-0.39, 0.29) is 14.9 Å². The van der Waals surface area contributed by atoms with Crippen LogP contribution in [0.3, 0.4) is 0 Å². The van der Waals surface area contributed by atoms with Crippen LogP contribution in [0, 0.1) is 5.77 Å². The Labute approximate surface area is 187 Å². The number of halogens is 2. The Bertz CT molecular complexity index is 741. The molecule has 0 aliphatic carbocycles. The van der Waals surface area contributed by atoms with Gasteiger partial charge in [-0.15, -0.1) is 45.3 Å². The van der Waals surface area contributed by atoms with Crippen molar-refractivity contribution in [1.82, 2.24) is 0 Å². The predicted molar refractivity (Wildman–Crippen MR) is 134 cm³/mol. The standard InChI is InChI=1S/C8H4I2S2.C8H6S2.2CH4/c9-7-3-1-5(11-7)6-2-4-8(10)12-6;1-3-7(9-5-1)8-4-2-6-10-8;;/h1-4H;1-6H;2*1H4. The van der Waals surface area contributed by atoms with Crippen molar-refractivity contribution in [3.05, 3.63) is 65.1 Å². The van der Waals surface area contributed by atoms with E-state index < -0.39 is 0 Å². The molecule has 0 aromatic carbocycles. The first-order chi connectivity index (χ1) is 10.7. The van der Waals surface area contributed by atoms with Crippen molar-refractivity contribution in [2.45, 2.75) is 14.9 Å². The Kier molecular flexibility index (Phi) is 10.3. The van der Waals surface area contributed by atoms with Crippen molar-refractivity contribution < 1.29 is 0 Å². The highest BCUT2D eigenvalue weighted by Crippen LogP contribution is 2.34. The maximum atomic E-state index is 2.36. The molecule has 4 aromatic heterocycles. The van der Waals surface area contributed by atoms with E-state index in [4.69, 9.17) is 0 Å². The van der Waals surface area contributed by atoms with Gasteiger partial charge in [0.15, 0.2) is 0 Å². The molecule has 6 heteroatoms. The molecule has 0 atom stereocenters. The zero-order valence-corrected chi connectivity index (χ0v) is 18.7. The molecule has 0 amide bonds. The molecule has 0 spiro atoms. The smallest absolute Gasteiger partial charge is 0.0660 e. The topological polar surface area (TPSA) is 0 Å². The first-order valence-corrected chi connectivity index (χ1v) is 11.9. The van der Waals surface area contributed by atoms with Crippen LogP contribution in [0.2, 0.25) is 0 Å². The quantitative estimate of drug-likeness (QED) is 0.197. The number of hydrogen-bond acceptors (Lipinski definition) is 4. The molecule has 0 aliphatic heterocycles. The summed E-state index contributed by atoms with van der Waals surface area (Å²) in [5.41, 5.74) is 0. The molecule has 0 aliphatic rings. The predicted octanol–water partition coefficient (Wildman–Crippen LogP) is 9.43. The number of thiophene rings is 4. The first-order valence-electron chi connectivity index (χ1n) is 6.31. The summed E-state index contributed by atoms with van der Waals surface area (Å²) in [5.74, 6) is 0. The zero-order valence-electron chi connectivity index (χ0n) is 11.2. The largest absolute Gasteiger partial charge is 0.143 e. The van der Waals surface area contributed by atoms with Gasteiger partial charge in [0.2, 0.25) is 0 Å². The summed E-state index contributed by atoms with van der Waals surface area (Å²) in [6, 6.07) is 17.2. The van der Waals surface area contributed by atoms with E-state index in [9.17, 15) is 0 Å². The molecule has 4 heterocycles. The van der Waals surface area contributed by atoms with Crippen LogP contribution in [-0.4, -0.2) is 0 Å². The Morgan fingerprint density at radius 1 is 0.542 bits per heavy atom. The highest BCUT2D eigenvalue weighted by atomic mass is 127. The second-order valence-electron chi connectivity index (χ2n) is 4.16. The zero-order chi connectivity index (χ0) is 15.4. The Hall–Kier alpha value is 0.260. The van der Waals surface area contributed by atoms with Crippen LogP contribution in [0.15, 0.2) is 59.3 Å². The minimum atomic E-state index is 0. The van der Waals surface area contributed by atoms with Crippen molar-refractivity contribution in [3.63, 3.8) is 0 Å². The molecule has 4 aromatic rings. The summed E-state index contributed by atoms with van der Waals surface area (Å²) in [5, 5.41) is 4.21. The molecular weight excluding hydrogens is 598 g/mol. The van der Waals surface area contributed by atoms with Crippen LogP contribution < -0.4 is 0 Å². The van der Waals surface area contributed by atoms with E-state index in [1.807, 2.05) is 22.7 Å². The van der Waals surface area contributed by atoms with Crippen LogP contribution in [0.4, 0.5) is 0 Å². The molecule has 128 valence electrons. The monoisotopic (exact) mass is 616 g/mol. The lowest BCUT2D eigenvalue weighted by Gasteiger charge is -1.86. The van der Waals surface area contributed by atoms with Crippen molar-refractivity contribution in [2.24, 2.45) is 0 Å². The Balaban J connectivity index is 0.000000224. The second-order valence-corrected chi connectivity index (χ2v) is 12.0. The fraction of sp³-hybridized carbons (Fsp3) is 0.111. The van der Waals surface area contributed by atoms with Gasteiger partial charge in [-0.3, -0.25) is 0 Å². The second kappa shape index (κ2) is 11.1. The summed E-state index contributed by atoms with van der Waals surface area (Å²) in [6.45, 7) is 0. The van der Waals surface area contributed by atoms with Crippen molar-refractivity contribution in [1.29, 1.82) is 0 Å². The van der Waals surface area contributed by atoms with E-state index in [0.29, 0.717) is 0 Å². The Morgan fingerprint density at radius 2 is 0.958 bits per heavy atom. The third kappa shape index (κ3) is 6.21. The van der Waals surface area contributed by atoms with Crippen LogP contribution in [0.25, 0.3) is 19.5 Å². The van der Waals surface area contributed by atoms with Gasteiger partial charge < -0.3 is 0 Å². The third-order valence-electron chi connectivity index (χ3n) is 2.67. The molecule has 0 unspecified atom stereocenters. The van der Waals surface area contributed by atoms with E-state index in [1.165, 1.54) is 25.3 Å². The summed E-state index contributed by atoms with van der Waals surface area (Å²) in [7, 11) is 0. The van der Waals surface area contributed by atoms with Crippen molar-refractivity contribution in [2.75, 3.05) is 0 Å². The number of rotatable bonds is 2. The van der Waals surface area contributed by atoms with Gasteiger partial charge in [-0.2, -0.15) is 0 Å². The summed E-state index contributed by atoms with van der Waals surface area (Å²) >= 11 is 12.0. The lowest BCUT2D eigenvalue weighted by atomic mass is 10.4. The molecule has 0 saturated carbocycles. The summed E-state index contributed by atoms with van der Waals surface area (Å²) < 4.78 is 2.71. The summed E-state index contributed by atoms with van der Waals surface area (Å²) in [4.78, 5) is 5.50. The van der Waals surface area contributed by atoms with Crippen molar-refractivity contribution >= 4 is 90.5 Å². The van der Waals surface area contributed by atoms with Crippen LogP contribution in [0.1, 0.15) is 14.9 Å². The van der Waals surface area contributed by atoms with Crippen LogP contribution in [-0.2, 0) is 0 Å². The van der Waals surface area contributed by atoms with Gasteiger partial charge in [0.25, 0.3) is 0 Å². The molecule has 0 radical (unpaired) electrons. The molecule has 0 fully saturated rings. The maximum Gasteiger partial charge on any atom is 0.0660 e. The Morgan fingerprint density at radius 3 is 1.21 bits per heavy atom. The minimum Gasteiger partial charge on any atom is -0.143 e. The van der Waals surface area contributed by atoms with Gasteiger partial charge in [-0.05, 0) is 92.3 Å². The van der Waals surface area contributed by atoms with Crippen molar-refractivity contribution in [3.8, 4) is 19.5 Å². The minimum absolute atomic E-state index is 0. The van der Waals surface area contributed by atoms with E-state index >= 15 is 0 Å². The normalized spacial score (nSPS) is 9.42. The molecule has 0 N–H and O–H groups in total. The van der Waals surface area contributed by atoms with Gasteiger partial charge in [0, 0.05) is 19.5 Å². The first kappa shape index (κ1) is 22.3. The molecular formula is C18H18I2S4. The lowest BCUT2D eigenvalue weighted by Crippen LogP contribution is -1.55. The number of hydrogen-bond donors (Lipinski definition) is 0. The average molecular weight is 616 g/mol. The maximum absolute atomic E-state index is 2.36. The highest BCUT2D eigenvalue weighted by Gasteiger charge is 2.03. The van der Waals surface area contributed by atoms with E-state index in [0.717, 1.165) is 0 Å². The highest BCUT2D eigenvalue weighted by molar-refractivity contribution is 14.1. The molecule has 0 nitrogen and oxygen atoms in total. The van der Waals surface area contributed by atoms with Gasteiger partial charge in [0.05, 0.1) is 5.77 Å². The van der Waals surface area contributed by atoms with Crippen LogP contribution >= 0.6 is 90.5 Å².